The van der Waals surface area contributed by atoms with Gasteiger partial charge in [0, 0.05) is 32.6 Å². The van der Waals surface area contributed by atoms with Crippen molar-refractivity contribution in [2.45, 2.75) is 25.0 Å². The Hall–Kier alpha value is -0.700. The van der Waals surface area contributed by atoms with Crippen LogP contribution in [0.3, 0.4) is 0 Å². The van der Waals surface area contributed by atoms with Gasteiger partial charge in [-0.1, -0.05) is 18.7 Å². The smallest absolute Gasteiger partial charge is 0.209 e. The standard InChI is InChI=1S/C11H23N5O2S/c1-3-12-5-6-16-11(13-14-15-16)19-10-9-18-8-4-7-17-2/h12H,3-10H2,1-2H3. The molecule has 0 amide bonds. The van der Waals surface area contributed by atoms with Gasteiger partial charge in [-0.3, -0.25) is 0 Å². The van der Waals surface area contributed by atoms with Gasteiger partial charge in [0.25, 0.3) is 0 Å². The lowest BCUT2D eigenvalue weighted by atomic mass is 10.5. The highest BCUT2D eigenvalue weighted by molar-refractivity contribution is 7.99. The lowest BCUT2D eigenvalue weighted by Crippen LogP contribution is -2.20. The van der Waals surface area contributed by atoms with Crippen LogP contribution in [-0.2, 0) is 16.0 Å². The van der Waals surface area contributed by atoms with Crippen LogP contribution in [0.5, 0.6) is 0 Å². The normalized spacial score (nSPS) is 11.1. The van der Waals surface area contributed by atoms with Crippen molar-refractivity contribution in [2.75, 3.05) is 45.8 Å². The lowest BCUT2D eigenvalue weighted by Gasteiger charge is -2.05. The molecule has 1 rings (SSSR count). The largest absolute Gasteiger partial charge is 0.385 e. The van der Waals surface area contributed by atoms with Gasteiger partial charge in [0.15, 0.2) is 0 Å². The van der Waals surface area contributed by atoms with Crippen LogP contribution in [0.15, 0.2) is 5.16 Å². The minimum absolute atomic E-state index is 0.703. The average Bonchev–Trinajstić information content (AvgIpc) is 2.86. The van der Waals surface area contributed by atoms with Crippen LogP contribution in [0.4, 0.5) is 0 Å². The van der Waals surface area contributed by atoms with Crippen molar-refractivity contribution in [3.8, 4) is 0 Å². The summed E-state index contributed by atoms with van der Waals surface area (Å²) in [5.74, 6) is 0.856. The summed E-state index contributed by atoms with van der Waals surface area (Å²) in [7, 11) is 1.70. The summed E-state index contributed by atoms with van der Waals surface area (Å²) in [6, 6.07) is 0. The maximum absolute atomic E-state index is 5.48. The molecule has 110 valence electrons. The molecule has 1 aromatic heterocycles. The molecule has 1 aromatic rings. The van der Waals surface area contributed by atoms with Crippen LogP contribution < -0.4 is 5.32 Å². The Bertz CT molecular complexity index is 324. The summed E-state index contributed by atoms with van der Waals surface area (Å²) in [4.78, 5) is 0. The summed E-state index contributed by atoms with van der Waals surface area (Å²) < 4.78 is 12.2. The van der Waals surface area contributed by atoms with Crippen LogP contribution >= 0.6 is 11.8 Å². The Morgan fingerprint density at radius 2 is 2.21 bits per heavy atom. The number of thioether (sulfide) groups is 1. The third-order valence-electron chi connectivity index (χ3n) is 2.35. The molecular weight excluding hydrogens is 266 g/mol. The molecule has 0 spiro atoms. The SMILES string of the molecule is CCNCCn1nnnc1SCCOCCCOC. The monoisotopic (exact) mass is 289 g/mol. The van der Waals surface area contributed by atoms with Crippen molar-refractivity contribution >= 4 is 11.8 Å². The van der Waals surface area contributed by atoms with Crippen molar-refractivity contribution < 1.29 is 9.47 Å². The van der Waals surface area contributed by atoms with Gasteiger partial charge >= 0.3 is 0 Å². The fourth-order valence-corrected chi connectivity index (χ4v) is 2.16. The molecule has 0 unspecified atom stereocenters. The molecule has 0 saturated heterocycles. The van der Waals surface area contributed by atoms with E-state index >= 15 is 0 Å². The van der Waals surface area contributed by atoms with E-state index in [1.165, 1.54) is 0 Å². The molecule has 0 aliphatic carbocycles. The van der Waals surface area contributed by atoms with E-state index in [1.807, 2.05) is 4.68 Å². The number of nitrogens with one attached hydrogen (secondary N) is 1. The van der Waals surface area contributed by atoms with Crippen LogP contribution in [0.25, 0.3) is 0 Å². The zero-order valence-electron chi connectivity index (χ0n) is 11.7. The highest BCUT2D eigenvalue weighted by atomic mass is 32.2. The number of tetrazole rings is 1. The highest BCUT2D eigenvalue weighted by Gasteiger charge is 2.05. The number of likely N-dealkylation sites (N-methyl/N-ethyl adjacent to an activating group) is 1. The van der Waals surface area contributed by atoms with Gasteiger partial charge in [-0.15, -0.1) is 5.10 Å². The highest BCUT2D eigenvalue weighted by Crippen LogP contribution is 2.12. The number of rotatable bonds is 12. The van der Waals surface area contributed by atoms with Crippen LogP contribution in [0.2, 0.25) is 0 Å². The van der Waals surface area contributed by atoms with Gasteiger partial charge in [-0.25, -0.2) is 4.68 Å². The maximum atomic E-state index is 5.48. The second-order valence-corrected chi connectivity index (χ2v) is 4.91. The first-order valence-corrected chi connectivity index (χ1v) is 7.53. The molecule has 0 saturated carbocycles. The Balaban J connectivity index is 2.10. The Morgan fingerprint density at radius 3 is 3.00 bits per heavy atom. The van der Waals surface area contributed by atoms with E-state index in [9.17, 15) is 0 Å². The average molecular weight is 289 g/mol. The number of nitrogens with zero attached hydrogens (tertiary/aromatic N) is 4. The number of hydrogen-bond donors (Lipinski definition) is 1. The Kier molecular flexibility index (Phi) is 9.60. The zero-order chi connectivity index (χ0) is 13.8. The number of methoxy groups -OCH3 is 1. The van der Waals surface area contributed by atoms with E-state index in [-0.39, 0.29) is 0 Å². The van der Waals surface area contributed by atoms with Gasteiger partial charge in [-0.05, 0) is 23.4 Å². The van der Waals surface area contributed by atoms with Gasteiger partial charge in [0.2, 0.25) is 5.16 Å². The van der Waals surface area contributed by atoms with E-state index < -0.39 is 0 Å². The molecule has 7 nitrogen and oxygen atoms in total. The third kappa shape index (κ3) is 7.46. The van der Waals surface area contributed by atoms with Crippen LogP contribution in [-0.4, -0.2) is 66.0 Å². The molecule has 1 heterocycles. The first kappa shape index (κ1) is 16.4. The lowest BCUT2D eigenvalue weighted by molar-refractivity contribution is 0.113. The first-order chi connectivity index (χ1) is 9.38. The fraction of sp³-hybridized carbons (Fsp3) is 0.909. The summed E-state index contributed by atoms with van der Waals surface area (Å²) in [5, 5.41) is 15.8. The second kappa shape index (κ2) is 11.2. The van der Waals surface area contributed by atoms with Crippen molar-refractivity contribution in [2.24, 2.45) is 0 Å². The predicted octanol–water partition coefficient (Wildman–Crippen LogP) is 0.428. The van der Waals surface area contributed by atoms with E-state index in [0.717, 1.165) is 50.2 Å². The quantitative estimate of drug-likeness (QED) is 0.442. The Morgan fingerprint density at radius 1 is 1.32 bits per heavy atom. The van der Waals surface area contributed by atoms with Crippen molar-refractivity contribution in [1.29, 1.82) is 0 Å². The van der Waals surface area contributed by atoms with Gasteiger partial charge in [0.05, 0.1) is 13.2 Å². The predicted molar refractivity (Wildman–Crippen MR) is 74.4 cm³/mol. The van der Waals surface area contributed by atoms with Crippen LogP contribution in [0.1, 0.15) is 13.3 Å². The fourth-order valence-electron chi connectivity index (χ4n) is 1.40. The minimum atomic E-state index is 0.703. The minimum Gasteiger partial charge on any atom is -0.385 e. The Labute approximate surface area is 118 Å². The molecule has 8 heteroatoms. The van der Waals surface area contributed by atoms with Crippen molar-refractivity contribution in [3.63, 3.8) is 0 Å². The molecule has 1 N–H and O–H groups in total. The summed E-state index contributed by atoms with van der Waals surface area (Å²) in [5.41, 5.74) is 0. The summed E-state index contributed by atoms with van der Waals surface area (Å²) in [6.07, 6.45) is 0.932. The molecule has 0 fully saturated rings. The summed E-state index contributed by atoms with van der Waals surface area (Å²) >= 11 is 1.62. The third-order valence-corrected chi connectivity index (χ3v) is 3.27. The molecule has 0 aliphatic heterocycles. The van der Waals surface area contributed by atoms with E-state index in [2.05, 4.69) is 27.8 Å². The molecule has 0 bridgehead atoms. The van der Waals surface area contributed by atoms with E-state index in [1.54, 1.807) is 18.9 Å². The molecule has 0 radical (unpaired) electrons. The molecular formula is C11H23N5O2S. The summed E-state index contributed by atoms with van der Waals surface area (Å²) in [6.45, 7) is 6.89. The van der Waals surface area contributed by atoms with Gasteiger partial charge in [-0.2, -0.15) is 0 Å². The number of hydrogen-bond acceptors (Lipinski definition) is 7. The molecule has 0 aromatic carbocycles. The first-order valence-electron chi connectivity index (χ1n) is 6.54. The van der Waals surface area contributed by atoms with Crippen molar-refractivity contribution in [3.05, 3.63) is 0 Å². The maximum Gasteiger partial charge on any atom is 0.209 e. The van der Waals surface area contributed by atoms with Gasteiger partial charge in [0.1, 0.15) is 0 Å². The zero-order valence-corrected chi connectivity index (χ0v) is 12.5. The molecule has 0 atom stereocenters. The van der Waals surface area contributed by atoms with E-state index in [0.29, 0.717) is 6.61 Å². The van der Waals surface area contributed by atoms with Crippen molar-refractivity contribution in [1.82, 2.24) is 25.5 Å². The number of ether oxygens (including phenoxy) is 2. The molecule has 19 heavy (non-hydrogen) atoms. The van der Waals surface area contributed by atoms with Crippen LogP contribution in [0, 0.1) is 0 Å². The second-order valence-electron chi connectivity index (χ2n) is 3.85. The number of aromatic nitrogens is 4. The van der Waals surface area contributed by atoms with Gasteiger partial charge < -0.3 is 14.8 Å². The molecule has 0 aliphatic rings. The topological polar surface area (TPSA) is 74.1 Å². The van der Waals surface area contributed by atoms with E-state index in [4.69, 9.17) is 9.47 Å².